The fourth-order valence-electron chi connectivity index (χ4n) is 1.74. The standard InChI is InChI=1S/C17H16ClNO2/c1-13-9-10-16(15(18)12-13)19-17(20)21-11-5-8-14-6-3-2-4-7-14/h2-10,12H,11H2,1H3,(H,19,20)/b8-5+. The van der Waals surface area contributed by atoms with Crippen LogP contribution in [0.3, 0.4) is 0 Å². The Labute approximate surface area is 129 Å². The third-order valence-electron chi connectivity index (χ3n) is 2.78. The second kappa shape index (κ2) is 7.50. The monoisotopic (exact) mass is 301 g/mol. The van der Waals surface area contributed by atoms with Gasteiger partial charge < -0.3 is 4.74 Å². The number of ether oxygens (including phenoxy) is 1. The Hall–Kier alpha value is -2.26. The van der Waals surface area contributed by atoms with Crippen LogP contribution in [0.1, 0.15) is 11.1 Å². The maximum atomic E-state index is 11.6. The summed E-state index contributed by atoms with van der Waals surface area (Å²) in [5.74, 6) is 0. The molecule has 0 aliphatic rings. The van der Waals surface area contributed by atoms with Gasteiger partial charge >= 0.3 is 6.09 Å². The minimum Gasteiger partial charge on any atom is -0.445 e. The Morgan fingerprint density at radius 1 is 1.24 bits per heavy atom. The molecule has 0 radical (unpaired) electrons. The first-order chi connectivity index (χ1) is 10.1. The van der Waals surface area contributed by atoms with Gasteiger partial charge in [0.15, 0.2) is 0 Å². The third-order valence-corrected chi connectivity index (χ3v) is 3.09. The summed E-state index contributed by atoms with van der Waals surface area (Å²) in [7, 11) is 0. The minimum atomic E-state index is -0.529. The molecule has 1 N–H and O–H groups in total. The molecule has 4 heteroatoms. The summed E-state index contributed by atoms with van der Waals surface area (Å²) >= 11 is 6.03. The van der Waals surface area contributed by atoms with Gasteiger partial charge in [-0.25, -0.2) is 4.79 Å². The maximum absolute atomic E-state index is 11.6. The number of halogens is 1. The van der Waals surface area contributed by atoms with Crippen molar-refractivity contribution in [3.63, 3.8) is 0 Å². The molecular formula is C17H16ClNO2. The van der Waals surface area contributed by atoms with Gasteiger partial charge in [0.2, 0.25) is 0 Å². The number of nitrogens with one attached hydrogen (secondary N) is 1. The van der Waals surface area contributed by atoms with E-state index >= 15 is 0 Å². The molecule has 21 heavy (non-hydrogen) atoms. The molecule has 1 amide bonds. The van der Waals surface area contributed by atoms with Gasteiger partial charge in [-0.3, -0.25) is 5.32 Å². The van der Waals surface area contributed by atoms with Crippen molar-refractivity contribution in [2.24, 2.45) is 0 Å². The van der Waals surface area contributed by atoms with E-state index in [4.69, 9.17) is 16.3 Å². The Bertz CT molecular complexity index is 638. The van der Waals surface area contributed by atoms with Crippen molar-refractivity contribution in [3.05, 3.63) is 70.8 Å². The second-order valence-corrected chi connectivity index (χ2v) is 4.93. The van der Waals surface area contributed by atoms with Gasteiger partial charge in [0.05, 0.1) is 10.7 Å². The first-order valence-electron chi connectivity index (χ1n) is 6.56. The lowest BCUT2D eigenvalue weighted by Crippen LogP contribution is -2.13. The van der Waals surface area contributed by atoms with Gasteiger partial charge in [-0.05, 0) is 36.3 Å². The number of anilines is 1. The van der Waals surface area contributed by atoms with Gasteiger partial charge in [-0.15, -0.1) is 0 Å². The fraction of sp³-hybridized carbons (Fsp3) is 0.118. The fourth-order valence-corrected chi connectivity index (χ4v) is 2.02. The van der Waals surface area contributed by atoms with Crippen LogP contribution in [0.5, 0.6) is 0 Å². The quantitative estimate of drug-likeness (QED) is 0.871. The molecule has 0 saturated carbocycles. The molecule has 0 aliphatic heterocycles. The molecule has 0 aromatic heterocycles. The average Bonchev–Trinajstić information content (AvgIpc) is 2.48. The normalized spacial score (nSPS) is 10.6. The molecule has 0 unspecified atom stereocenters. The van der Waals surface area contributed by atoms with Crippen LogP contribution in [-0.4, -0.2) is 12.7 Å². The molecule has 3 nitrogen and oxygen atoms in total. The number of hydrogen-bond donors (Lipinski definition) is 1. The van der Waals surface area contributed by atoms with Crippen molar-refractivity contribution in [1.82, 2.24) is 0 Å². The van der Waals surface area contributed by atoms with Crippen LogP contribution >= 0.6 is 11.6 Å². The lowest BCUT2D eigenvalue weighted by molar-refractivity contribution is 0.174. The highest BCUT2D eigenvalue weighted by Crippen LogP contribution is 2.22. The molecule has 2 aromatic rings. The number of carbonyl (C=O) groups excluding carboxylic acids is 1. The summed E-state index contributed by atoms with van der Waals surface area (Å²) < 4.78 is 5.06. The van der Waals surface area contributed by atoms with Gasteiger partial charge in [0.25, 0.3) is 0 Å². The largest absolute Gasteiger partial charge is 0.445 e. The van der Waals surface area contributed by atoms with E-state index in [1.807, 2.05) is 49.4 Å². The second-order valence-electron chi connectivity index (χ2n) is 4.52. The Kier molecular flexibility index (Phi) is 5.41. The molecule has 0 spiro atoms. The van der Waals surface area contributed by atoms with E-state index in [1.165, 1.54) is 0 Å². The number of benzene rings is 2. The summed E-state index contributed by atoms with van der Waals surface area (Å²) in [6.07, 6.45) is 3.15. The maximum Gasteiger partial charge on any atom is 0.411 e. The van der Waals surface area contributed by atoms with Crippen molar-refractivity contribution in [2.45, 2.75) is 6.92 Å². The van der Waals surface area contributed by atoms with Crippen LogP contribution in [-0.2, 0) is 4.74 Å². The van der Waals surface area contributed by atoms with Gasteiger partial charge in [0, 0.05) is 0 Å². The van der Waals surface area contributed by atoms with Crippen LogP contribution in [0, 0.1) is 6.92 Å². The van der Waals surface area contributed by atoms with Gasteiger partial charge in [-0.1, -0.05) is 54.1 Å². The lowest BCUT2D eigenvalue weighted by Gasteiger charge is -2.07. The topological polar surface area (TPSA) is 38.3 Å². The van der Waals surface area contributed by atoms with Crippen LogP contribution in [0.15, 0.2) is 54.6 Å². The molecule has 0 saturated heterocycles. The molecule has 108 valence electrons. The Morgan fingerprint density at radius 3 is 2.71 bits per heavy atom. The highest BCUT2D eigenvalue weighted by atomic mass is 35.5. The first-order valence-corrected chi connectivity index (χ1v) is 6.94. The number of rotatable bonds is 4. The van der Waals surface area contributed by atoms with Crippen molar-refractivity contribution in [2.75, 3.05) is 11.9 Å². The van der Waals surface area contributed by atoms with Crippen molar-refractivity contribution in [1.29, 1.82) is 0 Å². The molecular weight excluding hydrogens is 286 g/mol. The zero-order valence-corrected chi connectivity index (χ0v) is 12.4. The van der Waals surface area contributed by atoms with E-state index in [0.717, 1.165) is 11.1 Å². The number of carbonyl (C=O) groups is 1. The Balaban J connectivity index is 1.81. The molecule has 0 heterocycles. The van der Waals surface area contributed by atoms with E-state index < -0.39 is 6.09 Å². The van der Waals surface area contributed by atoms with Crippen molar-refractivity contribution in [3.8, 4) is 0 Å². The van der Waals surface area contributed by atoms with Crippen LogP contribution in [0.2, 0.25) is 5.02 Å². The molecule has 2 rings (SSSR count). The van der Waals surface area contributed by atoms with Crippen LogP contribution in [0.25, 0.3) is 6.08 Å². The van der Waals surface area contributed by atoms with E-state index in [2.05, 4.69) is 5.32 Å². The Morgan fingerprint density at radius 2 is 2.00 bits per heavy atom. The zero-order chi connectivity index (χ0) is 15.1. The number of amides is 1. The van der Waals surface area contributed by atoms with Crippen molar-refractivity contribution < 1.29 is 9.53 Å². The smallest absolute Gasteiger partial charge is 0.411 e. The van der Waals surface area contributed by atoms with Crippen LogP contribution < -0.4 is 5.32 Å². The van der Waals surface area contributed by atoms with E-state index in [-0.39, 0.29) is 6.61 Å². The van der Waals surface area contributed by atoms with Gasteiger partial charge in [-0.2, -0.15) is 0 Å². The summed E-state index contributed by atoms with van der Waals surface area (Å²) in [6, 6.07) is 15.2. The SMILES string of the molecule is Cc1ccc(NC(=O)OC/C=C/c2ccccc2)c(Cl)c1. The molecule has 0 aliphatic carbocycles. The predicted octanol–water partition coefficient (Wildman–Crippen LogP) is 4.91. The average molecular weight is 302 g/mol. The highest BCUT2D eigenvalue weighted by molar-refractivity contribution is 6.33. The molecule has 0 atom stereocenters. The molecule has 2 aromatic carbocycles. The van der Waals surface area contributed by atoms with E-state index in [1.54, 1.807) is 18.2 Å². The number of aryl methyl sites for hydroxylation is 1. The van der Waals surface area contributed by atoms with E-state index in [0.29, 0.717) is 10.7 Å². The summed E-state index contributed by atoms with van der Waals surface area (Å²) in [5, 5.41) is 3.10. The number of hydrogen-bond acceptors (Lipinski definition) is 2. The van der Waals surface area contributed by atoms with Crippen molar-refractivity contribution >= 4 is 29.5 Å². The predicted molar refractivity (Wildman–Crippen MR) is 86.6 cm³/mol. The lowest BCUT2D eigenvalue weighted by atomic mass is 10.2. The summed E-state index contributed by atoms with van der Waals surface area (Å²) in [6.45, 7) is 2.13. The van der Waals surface area contributed by atoms with Crippen LogP contribution in [0.4, 0.5) is 10.5 Å². The first kappa shape index (κ1) is 15.1. The highest BCUT2D eigenvalue weighted by Gasteiger charge is 2.05. The van der Waals surface area contributed by atoms with Gasteiger partial charge in [0.1, 0.15) is 6.61 Å². The zero-order valence-electron chi connectivity index (χ0n) is 11.7. The third kappa shape index (κ3) is 4.97. The molecule has 0 fully saturated rings. The summed E-state index contributed by atoms with van der Waals surface area (Å²) in [4.78, 5) is 11.6. The minimum absolute atomic E-state index is 0.199. The molecule has 0 bridgehead atoms. The van der Waals surface area contributed by atoms with E-state index in [9.17, 15) is 4.79 Å². The summed E-state index contributed by atoms with van der Waals surface area (Å²) in [5.41, 5.74) is 2.63.